The second-order valence-corrected chi connectivity index (χ2v) is 6.81. The molecule has 8 heteroatoms. The van der Waals surface area contributed by atoms with Crippen molar-refractivity contribution in [2.75, 3.05) is 26.0 Å². The molecule has 0 radical (unpaired) electrons. The van der Waals surface area contributed by atoms with Gasteiger partial charge in [0.1, 0.15) is 5.75 Å². The normalized spacial score (nSPS) is 10.9. The number of likely N-dealkylation sites (N-methyl/N-ethyl adjacent to an activating group) is 1. The quantitative estimate of drug-likeness (QED) is 0.700. The Balaban J connectivity index is 1.94. The van der Waals surface area contributed by atoms with Gasteiger partial charge in [0.25, 0.3) is 0 Å². The van der Waals surface area contributed by atoms with Crippen molar-refractivity contribution < 1.29 is 14.3 Å². The summed E-state index contributed by atoms with van der Waals surface area (Å²) >= 11 is 1.32. The fourth-order valence-corrected chi connectivity index (χ4v) is 3.09. The first kappa shape index (κ1) is 19.1. The van der Waals surface area contributed by atoms with Gasteiger partial charge in [0.05, 0.1) is 30.4 Å². The Hall–Kier alpha value is -2.22. The number of aromatic amines is 1. The van der Waals surface area contributed by atoms with E-state index in [1.807, 2.05) is 39.0 Å². The first-order chi connectivity index (χ1) is 11.9. The van der Waals surface area contributed by atoms with Crippen molar-refractivity contribution in [3.63, 3.8) is 0 Å². The summed E-state index contributed by atoms with van der Waals surface area (Å²) in [6, 6.07) is 5.63. The lowest BCUT2D eigenvalue weighted by Gasteiger charge is -2.20. The van der Waals surface area contributed by atoms with Crippen LogP contribution in [0.25, 0.3) is 11.0 Å². The largest absolute Gasteiger partial charge is 0.497 e. The fraction of sp³-hybridized carbons (Fsp3) is 0.471. The van der Waals surface area contributed by atoms with Crippen LogP contribution in [0.4, 0.5) is 0 Å². The molecule has 0 atom stereocenters. The van der Waals surface area contributed by atoms with Gasteiger partial charge in [-0.1, -0.05) is 11.8 Å². The molecule has 2 aromatic rings. The highest BCUT2D eigenvalue weighted by atomic mass is 32.2. The monoisotopic (exact) mass is 364 g/mol. The summed E-state index contributed by atoms with van der Waals surface area (Å²) in [6.45, 7) is 6.21. The molecule has 0 aliphatic rings. The number of methoxy groups -OCH3 is 1. The van der Waals surface area contributed by atoms with E-state index in [-0.39, 0.29) is 30.2 Å². The molecule has 0 saturated carbocycles. The Kier molecular flexibility index (Phi) is 6.69. The van der Waals surface area contributed by atoms with Crippen molar-refractivity contribution >= 4 is 34.6 Å². The van der Waals surface area contributed by atoms with Gasteiger partial charge in [-0.15, -0.1) is 0 Å². The smallest absolute Gasteiger partial charge is 0.239 e. The number of H-pyrrole nitrogens is 1. The number of thioether (sulfide) groups is 1. The number of hydrogen-bond acceptors (Lipinski definition) is 5. The minimum absolute atomic E-state index is 0.0585. The molecular formula is C17H24N4O3S. The molecule has 136 valence electrons. The Morgan fingerprint density at radius 2 is 2.16 bits per heavy atom. The molecule has 25 heavy (non-hydrogen) atoms. The van der Waals surface area contributed by atoms with Crippen molar-refractivity contribution in [3.8, 4) is 5.75 Å². The summed E-state index contributed by atoms with van der Waals surface area (Å²) < 4.78 is 5.19. The predicted molar refractivity (Wildman–Crippen MR) is 98.9 cm³/mol. The summed E-state index contributed by atoms with van der Waals surface area (Å²) in [5.41, 5.74) is 1.68. The SMILES string of the molecule is CCN(CC(=O)NC(C)C)C(=O)CSc1nc2ccc(OC)cc2[nH]1. The number of aromatic nitrogens is 2. The molecule has 1 aromatic heterocycles. The van der Waals surface area contributed by atoms with E-state index in [9.17, 15) is 9.59 Å². The average molecular weight is 364 g/mol. The number of rotatable bonds is 8. The highest BCUT2D eigenvalue weighted by Crippen LogP contribution is 2.23. The third-order valence-corrected chi connectivity index (χ3v) is 4.38. The van der Waals surface area contributed by atoms with E-state index in [1.165, 1.54) is 16.7 Å². The van der Waals surface area contributed by atoms with Gasteiger partial charge in [-0.3, -0.25) is 9.59 Å². The Morgan fingerprint density at radius 3 is 2.80 bits per heavy atom. The number of carbonyl (C=O) groups excluding carboxylic acids is 2. The molecule has 2 N–H and O–H groups in total. The lowest BCUT2D eigenvalue weighted by molar-refractivity contribution is -0.134. The van der Waals surface area contributed by atoms with E-state index < -0.39 is 0 Å². The predicted octanol–water partition coefficient (Wildman–Crippen LogP) is 2.04. The van der Waals surface area contributed by atoms with Crippen molar-refractivity contribution in [1.82, 2.24) is 20.2 Å². The van der Waals surface area contributed by atoms with Crippen molar-refractivity contribution in [3.05, 3.63) is 18.2 Å². The van der Waals surface area contributed by atoms with Gasteiger partial charge in [0, 0.05) is 18.7 Å². The average Bonchev–Trinajstić information content (AvgIpc) is 2.98. The number of nitrogens with zero attached hydrogens (tertiary/aromatic N) is 2. The summed E-state index contributed by atoms with van der Waals surface area (Å²) in [6.07, 6.45) is 0. The third kappa shape index (κ3) is 5.38. The van der Waals surface area contributed by atoms with Crippen molar-refractivity contribution in [2.24, 2.45) is 0 Å². The van der Waals surface area contributed by atoms with Crippen LogP contribution in [0.1, 0.15) is 20.8 Å². The summed E-state index contributed by atoms with van der Waals surface area (Å²) in [5.74, 6) is 0.729. The molecule has 7 nitrogen and oxygen atoms in total. The Labute approximate surface area is 151 Å². The Morgan fingerprint density at radius 1 is 1.40 bits per heavy atom. The van der Waals surface area contributed by atoms with Gasteiger partial charge in [0.2, 0.25) is 11.8 Å². The van der Waals surface area contributed by atoms with Gasteiger partial charge in [-0.05, 0) is 32.9 Å². The highest BCUT2D eigenvalue weighted by Gasteiger charge is 2.17. The minimum atomic E-state index is -0.147. The van der Waals surface area contributed by atoms with E-state index in [0.29, 0.717) is 11.7 Å². The zero-order valence-electron chi connectivity index (χ0n) is 15.0. The molecular weight excluding hydrogens is 340 g/mol. The zero-order chi connectivity index (χ0) is 18.4. The van der Waals surface area contributed by atoms with E-state index in [0.717, 1.165) is 16.8 Å². The van der Waals surface area contributed by atoms with Crippen LogP contribution in [-0.4, -0.2) is 58.7 Å². The first-order valence-electron chi connectivity index (χ1n) is 8.16. The molecule has 0 unspecified atom stereocenters. The summed E-state index contributed by atoms with van der Waals surface area (Å²) in [7, 11) is 1.61. The molecule has 0 spiro atoms. The van der Waals surface area contributed by atoms with Gasteiger partial charge >= 0.3 is 0 Å². The molecule has 0 fully saturated rings. The maximum atomic E-state index is 12.3. The first-order valence-corrected chi connectivity index (χ1v) is 9.15. The second-order valence-electron chi connectivity index (χ2n) is 5.84. The molecule has 0 bridgehead atoms. The van der Waals surface area contributed by atoms with Crippen molar-refractivity contribution in [2.45, 2.75) is 32.0 Å². The lowest BCUT2D eigenvalue weighted by atomic mass is 10.3. The number of carbonyl (C=O) groups is 2. The fourth-order valence-electron chi connectivity index (χ4n) is 2.30. The van der Waals surface area contributed by atoms with Gasteiger partial charge in [-0.25, -0.2) is 4.98 Å². The lowest BCUT2D eigenvalue weighted by Crippen LogP contribution is -2.43. The standard InChI is InChI=1S/C17H24N4O3S/c1-5-21(9-15(22)18-11(2)3)16(23)10-25-17-19-13-7-6-12(24-4)8-14(13)20-17/h6-8,11H,5,9-10H2,1-4H3,(H,18,22)(H,19,20). The van der Waals surface area contributed by atoms with Crippen LogP contribution in [0, 0.1) is 0 Å². The van der Waals surface area contributed by atoms with E-state index >= 15 is 0 Å². The van der Waals surface area contributed by atoms with Crippen LogP contribution in [0.5, 0.6) is 5.75 Å². The third-order valence-electron chi connectivity index (χ3n) is 3.52. The van der Waals surface area contributed by atoms with Gasteiger partial charge in [-0.2, -0.15) is 0 Å². The number of benzene rings is 1. The molecule has 1 aromatic carbocycles. The van der Waals surface area contributed by atoms with E-state index in [4.69, 9.17) is 4.74 Å². The van der Waals surface area contributed by atoms with E-state index in [2.05, 4.69) is 15.3 Å². The molecule has 2 rings (SSSR count). The van der Waals surface area contributed by atoms with Crippen molar-refractivity contribution in [1.29, 1.82) is 0 Å². The molecule has 1 heterocycles. The van der Waals surface area contributed by atoms with Gasteiger partial charge in [0.15, 0.2) is 5.16 Å². The summed E-state index contributed by atoms with van der Waals surface area (Å²) in [5, 5.41) is 3.46. The maximum absolute atomic E-state index is 12.3. The topological polar surface area (TPSA) is 87.3 Å². The zero-order valence-corrected chi connectivity index (χ0v) is 15.8. The number of ether oxygens (including phenoxy) is 1. The van der Waals surface area contributed by atoms with Crippen LogP contribution in [0.3, 0.4) is 0 Å². The van der Waals surface area contributed by atoms with Gasteiger partial charge < -0.3 is 19.9 Å². The Bertz CT molecular complexity index is 745. The van der Waals surface area contributed by atoms with Crippen LogP contribution in [-0.2, 0) is 9.59 Å². The van der Waals surface area contributed by atoms with Crippen LogP contribution >= 0.6 is 11.8 Å². The molecule has 0 saturated heterocycles. The second kappa shape index (κ2) is 8.75. The van der Waals surface area contributed by atoms with Crippen LogP contribution in [0.15, 0.2) is 23.4 Å². The summed E-state index contributed by atoms with van der Waals surface area (Å²) in [4.78, 5) is 33.3. The van der Waals surface area contributed by atoms with Crippen LogP contribution in [0.2, 0.25) is 0 Å². The molecule has 0 aliphatic heterocycles. The molecule has 2 amide bonds. The number of imidazole rings is 1. The number of hydrogen-bond donors (Lipinski definition) is 2. The number of fused-ring (bicyclic) bond motifs is 1. The van der Waals surface area contributed by atoms with E-state index in [1.54, 1.807) is 7.11 Å². The highest BCUT2D eigenvalue weighted by molar-refractivity contribution is 7.99. The number of amides is 2. The number of nitrogens with one attached hydrogen (secondary N) is 2. The molecule has 0 aliphatic carbocycles. The van der Waals surface area contributed by atoms with Crippen LogP contribution < -0.4 is 10.1 Å². The minimum Gasteiger partial charge on any atom is -0.497 e. The maximum Gasteiger partial charge on any atom is 0.239 e.